The summed E-state index contributed by atoms with van der Waals surface area (Å²) in [5.74, 6) is -1.26. The van der Waals surface area contributed by atoms with Crippen LogP contribution in [-0.4, -0.2) is 37.3 Å². The first kappa shape index (κ1) is 16.6. The summed E-state index contributed by atoms with van der Waals surface area (Å²) >= 11 is 0. The molecule has 4 fully saturated rings. The molecule has 136 valence electrons. The normalized spacial score (nSPS) is 36.5. The van der Waals surface area contributed by atoms with Crippen molar-refractivity contribution >= 4 is 11.9 Å². The lowest BCUT2D eigenvalue weighted by Gasteiger charge is -2.60. The van der Waals surface area contributed by atoms with Crippen LogP contribution in [0.4, 0.5) is 19.1 Å². The molecule has 3 N–H and O–H groups in total. The lowest BCUT2D eigenvalue weighted by atomic mass is 9.51. The van der Waals surface area contributed by atoms with Crippen LogP contribution in [0.5, 0.6) is 0 Å². The number of hydrogen-bond donors (Lipinski definition) is 3. The number of carbonyl (C=O) groups is 1. The number of hydrogen-bond acceptors (Lipinski definition) is 5. The van der Waals surface area contributed by atoms with Gasteiger partial charge in [-0.1, -0.05) is 0 Å². The van der Waals surface area contributed by atoms with Crippen molar-refractivity contribution in [3.63, 3.8) is 0 Å². The highest BCUT2D eigenvalue weighted by molar-refractivity contribution is 5.88. The third-order valence-corrected chi connectivity index (χ3v) is 5.69. The monoisotopic (exact) mass is 357 g/mol. The van der Waals surface area contributed by atoms with E-state index >= 15 is 0 Å². The molecule has 0 radical (unpaired) electrons. The van der Waals surface area contributed by atoms with Crippen LogP contribution in [0.25, 0.3) is 0 Å². The minimum absolute atomic E-state index is 0.233. The fourth-order valence-corrected chi connectivity index (χ4v) is 5.41. The molecule has 1 aromatic rings. The van der Waals surface area contributed by atoms with Gasteiger partial charge in [-0.25, -0.2) is 14.8 Å². The van der Waals surface area contributed by atoms with Crippen LogP contribution < -0.4 is 5.32 Å². The van der Waals surface area contributed by atoms with E-state index in [0.717, 1.165) is 32.1 Å². The fourth-order valence-electron chi connectivity index (χ4n) is 5.41. The van der Waals surface area contributed by atoms with Gasteiger partial charge in [-0.2, -0.15) is 13.2 Å². The molecule has 25 heavy (non-hydrogen) atoms. The Hall–Kier alpha value is -1.90. The molecule has 1 aromatic heterocycles. The molecule has 4 aliphatic rings. The standard InChI is InChI=1S/C16H18F3N3O3/c17-16(18,19)11-10(12(23)24)6-20-13(21-11)22-14-2-8-1-9(3-14)5-15(25,4-8)7-14/h6,8-9,25H,1-5,7H2,(H,23,24)(H,20,21,22). The van der Waals surface area contributed by atoms with Gasteiger partial charge in [0, 0.05) is 11.7 Å². The number of nitrogens with zero attached hydrogens (tertiary/aromatic N) is 2. The van der Waals surface area contributed by atoms with E-state index < -0.39 is 34.5 Å². The molecule has 6 nitrogen and oxygen atoms in total. The van der Waals surface area contributed by atoms with E-state index in [9.17, 15) is 23.1 Å². The van der Waals surface area contributed by atoms with Crippen molar-refractivity contribution in [2.75, 3.05) is 5.32 Å². The van der Waals surface area contributed by atoms with E-state index in [2.05, 4.69) is 15.3 Å². The zero-order valence-corrected chi connectivity index (χ0v) is 13.3. The summed E-state index contributed by atoms with van der Waals surface area (Å²) in [6.07, 6.45) is 0.298. The molecule has 0 spiro atoms. The molecule has 5 rings (SSSR count). The highest BCUT2D eigenvalue weighted by Gasteiger charge is 2.57. The Kier molecular flexibility index (Phi) is 3.35. The van der Waals surface area contributed by atoms with Gasteiger partial charge in [-0.15, -0.1) is 0 Å². The third-order valence-electron chi connectivity index (χ3n) is 5.69. The van der Waals surface area contributed by atoms with Gasteiger partial charge in [-0.3, -0.25) is 0 Å². The number of carboxylic acid groups (broad SMARTS) is 1. The molecular formula is C16H18F3N3O3. The van der Waals surface area contributed by atoms with E-state index in [1.54, 1.807) is 0 Å². The minimum Gasteiger partial charge on any atom is -0.478 e. The Labute approximate surface area is 141 Å². The minimum atomic E-state index is -4.88. The first-order valence-electron chi connectivity index (χ1n) is 8.26. The molecule has 4 saturated carbocycles. The van der Waals surface area contributed by atoms with Crippen molar-refractivity contribution in [3.05, 3.63) is 17.5 Å². The highest BCUT2D eigenvalue weighted by atomic mass is 19.4. The predicted molar refractivity (Wildman–Crippen MR) is 80.0 cm³/mol. The van der Waals surface area contributed by atoms with Gasteiger partial charge in [-0.05, 0) is 50.4 Å². The lowest BCUT2D eigenvalue weighted by molar-refractivity contribution is -0.142. The van der Waals surface area contributed by atoms with Crippen molar-refractivity contribution in [2.24, 2.45) is 11.8 Å². The largest absolute Gasteiger partial charge is 0.478 e. The van der Waals surface area contributed by atoms with Gasteiger partial charge >= 0.3 is 12.1 Å². The maximum Gasteiger partial charge on any atom is 0.434 e. The van der Waals surface area contributed by atoms with E-state index in [4.69, 9.17) is 5.11 Å². The van der Waals surface area contributed by atoms with Crippen LogP contribution >= 0.6 is 0 Å². The van der Waals surface area contributed by atoms with Gasteiger partial charge in [0.25, 0.3) is 0 Å². The Morgan fingerprint density at radius 3 is 2.40 bits per heavy atom. The van der Waals surface area contributed by atoms with E-state index in [0.29, 0.717) is 24.5 Å². The first-order valence-corrected chi connectivity index (χ1v) is 8.26. The van der Waals surface area contributed by atoms with E-state index in [1.165, 1.54) is 0 Å². The van der Waals surface area contributed by atoms with E-state index in [1.807, 2.05) is 0 Å². The highest BCUT2D eigenvalue weighted by Crippen LogP contribution is 2.58. The SMILES string of the molecule is O=C(O)c1cnc(NC23CC4CC(CC(O)(C4)C2)C3)nc1C(F)(F)F. The molecule has 1 heterocycles. The molecule has 0 saturated heterocycles. The Bertz CT molecular complexity index is 723. The number of aliphatic hydroxyl groups is 1. The number of carboxylic acids is 1. The van der Waals surface area contributed by atoms with Gasteiger partial charge < -0.3 is 15.5 Å². The number of nitrogens with one attached hydrogen (secondary N) is 1. The number of aromatic carboxylic acids is 1. The number of halogens is 3. The van der Waals surface area contributed by atoms with Crippen LogP contribution in [-0.2, 0) is 6.18 Å². The molecule has 4 bridgehead atoms. The van der Waals surface area contributed by atoms with Gasteiger partial charge in [0.1, 0.15) is 5.56 Å². The van der Waals surface area contributed by atoms with Crippen molar-refractivity contribution in [2.45, 2.75) is 55.8 Å². The first-order chi connectivity index (χ1) is 11.6. The summed E-state index contributed by atoms with van der Waals surface area (Å²) in [5, 5.41) is 22.6. The van der Waals surface area contributed by atoms with Crippen LogP contribution in [0.15, 0.2) is 6.20 Å². The maximum absolute atomic E-state index is 13.1. The summed E-state index contributed by atoms with van der Waals surface area (Å²) in [5.41, 5.74) is -3.72. The Morgan fingerprint density at radius 1 is 1.24 bits per heavy atom. The quantitative estimate of drug-likeness (QED) is 0.770. The zero-order valence-electron chi connectivity index (χ0n) is 13.3. The van der Waals surface area contributed by atoms with Crippen molar-refractivity contribution in [1.82, 2.24) is 9.97 Å². The zero-order chi connectivity index (χ0) is 18.0. The summed E-state index contributed by atoms with van der Waals surface area (Å²) < 4.78 is 39.4. The Morgan fingerprint density at radius 2 is 1.88 bits per heavy atom. The molecule has 4 aliphatic carbocycles. The molecule has 0 amide bonds. The smallest absolute Gasteiger partial charge is 0.434 e. The topological polar surface area (TPSA) is 95.3 Å². The second-order valence-corrected chi connectivity index (χ2v) is 7.85. The molecule has 2 unspecified atom stereocenters. The van der Waals surface area contributed by atoms with Crippen molar-refractivity contribution in [1.29, 1.82) is 0 Å². The average Bonchev–Trinajstić information content (AvgIpc) is 2.42. The van der Waals surface area contributed by atoms with Crippen LogP contribution in [0.3, 0.4) is 0 Å². The summed E-state index contributed by atoms with van der Waals surface area (Å²) in [7, 11) is 0. The second-order valence-electron chi connectivity index (χ2n) is 7.85. The molecule has 2 atom stereocenters. The van der Waals surface area contributed by atoms with Crippen molar-refractivity contribution in [3.8, 4) is 0 Å². The number of aromatic nitrogens is 2. The summed E-state index contributed by atoms with van der Waals surface area (Å²) in [6, 6.07) is 0. The average molecular weight is 357 g/mol. The molecule has 0 aliphatic heterocycles. The maximum atomic E-state index is 13.1. The van der Waals surface area contributed by atoms with Crippen LogP contribution in [0.2, 0.25) is 0 Å². The molecule has 0 aromatic carbocycles. The predicted octanol–water partition coefficient (Wildman–Crippen LogP) is 2.69. The van der Waals surface area contributed by atoms with E-state index in [-0.39, 0.29) is 5.95 Å². The van der Waals surface area contributed by atoms with Gasteiger partial charge in [0.15, 0.2) is 5.69 Å². The van der Waals surface area contributed by atoms with Crippen LogP contribution in [0.1, 0.15) is 54.6 Å². The summed E-state index contributed by atoms with van der Waals surface area (Å²) in [6.45, 7) is 0. The Balaban J connectivity index is 1.66. The number of alkyl halides is 3. The fraction of sp³-hybridized carbons (Fsp3) is 0.688. The third kappa shape index (κ3) is 2.84. The second kappa shape index (κ2) is 5.06. The number of anilines is 1. The summed E-state index contributed by atoms with van der Waals surface area (Å²) in [4.78, 5) is 18.2. The lowest BCUT2D eigenvalue weighted by Crippen LogP contribution is -2.62. The van der Waals surface area contributed by atoms with Crippen molar-refractivity contribution < 1.29 is 28.2 Å². The molecular weight excluding hydrogens is 339 g/mol. The van der Waals surface area contributed by atoms with Gasteiger partial charge in [0.2, 0.25) is 5.95 Å². The molecule has 9 heteroatoms. The number of rotatable bonds is 3. The van der Waals surface area contributed by atoms with Crippen LogP contribution in [0, 0.1) is 11.8 Å². The van der Waals surface area contributed by atoms with Gasteiger partial charge in [0.05, 0.1) is 5.60 Å².